The van der Waals surface area contributed by atoms with Crippen LogP contribution in [-0.4, -0.2) is 11.0 Å². The number of halogens is 2. The Kier molecular flexibility index (Phi) is 4.01. The lowest BCUT2D eigenvalue weighted by atomic mass is 9.88. The van der Waals surface area contributed by atoms with Crippen LogP contribution < -0.4 is 5.32 Å². The molecule has 1 N–H and O–H groups in total. The molecule has 0 amide bonds. The number of nitrogens with zero attached hydrogens (tertiary/aromatic N) is 1. The van der Waals surface area contributed by atoms with E-state index in [-0.39, 0.29) is 5.41 Å². The van der Waals surface area contributed by atoms with Crippen molar-refractivity contribution < 1.29 is 0 Å². The zero-order valence-corrected chi connectivity index (χ0v) is 11.8. The molecule has 2 nitrogen and oxygen atoms in total. The molecule has 0 fully saturated rings. The standard InChI is InChI=1S/C11H16BrClN2/c1-7(11(2,3)4)15-10-9(12)5-8(13)6-14-10/h5-7H,1-4H3,(H,14,15). The van der Waals surface area contributed by atoms with E-state index in [2.05, 4.69) is 53.9 Å². The van der Waals surface area contributed by atoms with Gasteiger partial charge in [0.1, 0.15) is 5.82 Å². The van der Waals surface area contributed by atoms with Crippen molar-refractivity contribution >= 4 is 33.3 Å². The third-order valence-corrected chi connectivity index (χ3v) is 3.27. The molecule has 15 heavy (non-hydrogen) atoms. The molecule has 0 aliphatic carbocycles. The Balaban J connectivity index is 2.82. The van der Waals surface area contributed by atoms with Gasteiger partial charge < -0.3 is 5.32 Å². The predicted octanol–water partition coefficient (Wildman–Crippen LogP) is 4.34. The molecule has 0 saturated carbocycles. The summed E-state index contributed by atoms with van der Waals surface area (Å²) >= 11 is 9.26. The molecule has 1 unspecified atom stereocenters. The van der Waals surface area contributed by atoms with E-state index in [1.807, 2.05) is 6.07 Å². The van der Waals surface area contributed by atoms with Crippen LogP contribution >= 0.6 is 27.5 Å². The maximum Gasteiger partial charge on any atom is 0.140 e. The highest BCUT2D eigenvalue weighted by Gasteiger charge is 2.20. The van der Waals surface area contributed by atoms with Gasteiger partial charge in [0.2, 0.25) is 0 Å². The van der Waals surface area contributed by atoms with E-state index < -0.39 is 0 Å². The Morgan fingerprint density at radius 2 is 2.07 bits per heavy atom. The number of aromatic nitrogens is 1. The Morgan fingerprint density at radius 3 is 2.53 bits per heavy atom. The number of hydrogen-bond donors (Lipinski definition) is 1. The van der Waals surface area contributed by atoms with Crippen LogP contribution in [0.1, 0.15) is 27.7 Å². The second-order valence-electron chi connectivity index (χ2n) is 4.72. The van der Waals surface area contributed by atoms with Crippen LogP contribution in [0.15, 0.2) is 16.7 Å². The first-order valence-electron chi connectivity index (χ1n) is 4.88. The number of anilines is 1. The van der Waals surface area contributed by atoms with Crippen LogP contribution in [0.5, 0.6) is 0 Å². The average molecular weight is 292 g/mol. The lowest BCUT2D eigenvalue weighted by molar-refractivity contribution is 0.358. The minimum Gasteiger partial charge on any atom is -0.366 e. The highest BCUT2D eigenvalue weighted by molar-refractivity contribution is 9.10. The van der Waals surface area contributed by atoms with E-state index in [9.17, 15) is 0 Å². The molecule has 0 spiro atoms. The van der Waals surface area contributed by atoms with E-state index in [1.54, 1.807) is 6.20 Å². The molecule has 1 atom stereocenters. The van der Waals surface area contributed by atoms with E-state index in [1.165, 1.54) is 0 Å². The summed E-state index contributed by atoms with van der Waals surface area (Å²) in [6.07, 6.45) is 1.64. The van der Waals surface area contributed by atoms with Gasteiger partial charge in [0.25, 0.3) is 0 Å². The van der Waals surface area contributed by atoms with Crippen LogP contribution in [-0.2, 0) is 0 Å². The molecule has 0 aliphatic heterocycles. The minimum absolute atomic E-state index is 0.195. The van der Waals surface area contributed by atoms with Gasteiger partial charge in [-0.25, -0.2) is 4.98 Å². The fourth-order valence-corrected chi connectivity index (χ4v) is 1.70. The van der Waals surface area contributed by atoms with Gasteiger partial charge in [-0.05, 0) is 34.3 Å². The molecule has 1 aromatic heterocycles. The summed E-state index contributed by atoms with van der Waals surface area (Å²) in [4.78, 5) is 4.24. The van der Waals surface area contributed by atoms with Crippen LogP contribution in [0.4, 0.5) is 5.82 Å². The maximum absolute atomic E-state index is 5.82. The van der Waals surface area contributed by atoms with Crippen molar-refractivity contribution in [2.24, 2.45) is 5.41 Å². The van der Waals surface area contributed by atoms with Gasteiger partial charge in [0.15, 0.2) is 0 Å². The molecule has 1 rings (SSSR count). The first-order valence-corrected chi connectivity index (χ1v) is 6.05. The smallest absolute Gasteiger partial charge is 0.140 e. The van der Waals surface area contributed by atoms with Crippen molar-refractivity contribution in [1.82, 2.24) is 4.98 Å². The zero-order chi connectivity index (χ0) is 11.6. The summed E-state index contributed by atoms with van der Waals surface area (Å²) in [6, 6.07) is 2.18. The number of rotatable bonds is 2. The van der Waals surface area contributed by atoms with Crippen molar-refractivity contribution in [1.29, 1.82) is 0 Å². The largest absolute Gasteiger partial charge is 0.366 e. The fraction of sp³-hybridized carbons (Fsp3) is 0.545. The van der Waals surface area contributed by atoms with Crippen molar-refractivity contribution in [3.05, 3.63) is 21.8 Å². The second kappa shape index (κ2) is 4.71. The van der Waals surface area contributed by atoms with Crippen LogP contribution in [0, 0.1) is 5.41 Å². The fourth-order valence-electron chi connectivity index (χ4n) is 0.942. The molecule has 0 radical (unpaired) electrons. The Bertz CT molecular complexity index is 347. The SMILES string of the molecule is CC(Nc1ncc(Cl)cc1Br)C(C)(C)C. The summed E-state index contributed by atoms with van der Waals surface area (Å²) in [7, 11) is 0. The number of pyridine rings is 1. The molecule has 0 aromatic carbocycles. The molecule has 84 valence electrons. The highest BCUT2D eigenvalue weighted by atomic mass is 79.9. The monoisotopic (exact) mass is 290 g/mol. The first-order chi connectivity index (χ1) is 6.80. The summed E-state index contributed by atoms with van der Waals surface area (Å²) < 4.78 is 0.895. The molecule has 0 aliphatic rings. The van der Waals surface area contributed by atoms with Gasteiger partial charge in [-0.15, -0.1) is 0 Å². The van der Waals surface area contributed by atoms with Gasteiger partial charge in [-0.1, -0.05) is 32.4 Å². The third kappa shape index (κ3) is 3.65. The molecule has 0 saturated heterocycles. The molecule has 0 bridgehead atoms. The van der Waals surface area contributed by atoms with Crippen LogP contribution in [0.3, 0.4) is 0 Å². The summed E-state index contributed by atoms with van der Waals surface area (Å²) in [5.41, 5.74) is 0.195. The van der Waals surface area contributed by atoms with Gasteiger partial charge >= 0.3 is 0 Å². The summed E-state index contributed by atoms with van der Waals surface area (Å²) in [5, 5.41) is 4.00. The van der Waals surface area contributed by atoms with Crippen molar-refractivity contribution in [3.63, 3.8) is 0 Å². The van der Waals surface area contributed by atoms with Crippen molar-refractivity contribution in [3.8, 4) is 0 Å². The molecule has 4 heteroatoms. The first kappa shape index (κ1) is 12.8. The van der Waals surface area contributed by atoms with Gasteiger partial charge in [0.05, 0.1) is 9.50 Å². The molecule has 1 aromatic rings. The topological polar surface area (TPSA) is 24.9 Å². The Hall–Kier alpha value is -0.280. The third-order valence-electron chi connectivity index (χ3n) is 2.46. The predicted molar refractivity (Wildman–Crippen MR) is 69.5 cm³/mol. The minimum atomic E-state index is 0.195. The normalized spacial score (nSPS) is 13.7. The van der Waals surface area contributed by atoms with Crippen molar-refractivity contribution in [2.75, 3.05) is 5.32 Å². The van der Waals surface area contributed by atoms with E-state index in [0.717, 1.165) is 10.3 Å². The lowest BCUT2D eigenvalue weighted by Crippen LogP contribution is -2.31. The second-order valence-corrected chi connectivity index (χ2v) is 6.01. The number of hydrogen-bond acceptors (Lipinski definition) is 2. The van der Waals surface area contributed by atoms with Gasteiger partial charge in [0, 0.05) is 12.2 Å². The molecular weight excluding hydrogens is 275 g/mol. The van der Waals surface area contributed by atoms with E-state index in [4.69, 9.17) is 11.6 Å². The van der Waals surface area contributed by atoms with Crippen LogP contribution in [0.2, 0.25) is 5.02 Å². The number of nitrogens with one attached hydrogen (secondary N) is 1. The average Bonchev–Trinajstić information content (AvgIpc) is 2.08. The quantitative estimate of drug-likeness (QED) is 0.876. The highest BCUT2D eigenvalue weighted by Crippen LogP contribution is 2.27. The van der Waals surface area contributed by atoms with Crippen molar-refractivity contribution in [2.45, 2.75) is 33.7 Å². The maximum atomic E-state index is 5.82. The molecule has 1 heterocycles. The molecular formula is C11H16BrClN2. The Morgan fingerprint density at radius 1 is 1.47 bits per heavy atom. The van der Waals surface area contributed by atoms with E-state index in [0.29, 0.717) is 11.1 Å². The van der Waals surface area contributed by atoms with Gasteiger partial charge in [-0.2, -0.15) is 0 Å². The lowest BCUT2D eigenvalue weighted by Gasteiger charge is -2.28. The van der Waals surface area contributed by atoms with Crippen LogP contribution in [0.25, 0.3) is 0 Å². The summed E-state index contributed by atoms with van der Waals surface area (Å²) in [6.45, 7) is 8.71. The zero-order valence-electron chi connectivity index (χ0n) is 9.44. The van der Waals surface area contributed by atoms with E-state index >= 15 is 0 Å². The van der Waals surface area contributed by atoms with Gasteiger partial charge in [-0.3, -0.25) is 0 Å². The Labute approximate surface area is 105 Å². The summed E-state index contributed by atoms with van der Waals surface area (Å²) in [5.74, 6) is 0.835.